The van der Waals surface area contributed by atoms with Gasteiger partial charge in [0.2, 0.25) is 0 Å². The SMILES string of the molecule is COc1ccc(C(=O)CCCCCOC(C)=O)cc1. The predicted octanol–water partition coefficient (Wildman–Crippen LogP) is 3.00. The van der Waals surface area contributed by atoms with Crippen LogP contribution in [-0.2, 0) is 9.53 Å². The fourth-order valence-electron chi connectivity index (χ4n) is 1.70. The molecule has 4 nitrogen and oxygen atoms in total. The zero-order valence-electron chi connectivity index (χ0n) is 11.5. The van der Waals surface area contributed by atoms with Crippen LogP contribution in [0.15, 0.2) is 24.3 Å². The molecule has 0 amide bonds. The Balaban J connectivity index is 2.21. The highest BCUT2D eigenvalue weighted by molar-refractivity contribution is 5.96. The van der Waals surface area contributed by atoms with Crippen molar-refractivity contribution in [3.8, 4) is 5.75 Å². The van der Waals surface area contributed by atoms with Crippen LogP contribution in [0.5, 0.6) is 5.75 Å². The quantitative estimate of drug-likeness (QED) is 0.411. The van der Waals surface area contributed by atoms with Crippen molar-refractivity contribution >= 4 is 11.8 Å². The van der Waals surface area contributed by atoms with Crippen molar-refractivity contribution in [2.45, 2.75) is 32.6 Å². The number of hydrogen-bond donors (Lipinski definition) is 0. The molecular weight excluding hydrogens is 244 g/mol. The van der Waals surface area contributed by atoms with E-state index in [0.29, 0.717) is 18.6 Å². The van der Waals surface area contributed by atoms with Gasteiger partial charge in [-0.2, -0.15) is 0 Å². The fourth-order valence-corrected chi connectivity index (χ4v) is 1.70. The summed E-state index contributed by atoms with van der Waals surface area (Å²) >= 11 is 0. The Hall–Kier alpha value is -1.84. The smallest absolute Gasteiger partial charge is 0.302 e. The predicted molar refractivity (Wildman–Crippen MR) is 72.4 cm³/mol. The van der Waals surface area contributed by atoms with E-state index in [1.165, 1.54) is 6.92 Å². The summed E-state index contributed by atoms with van der Waals surface area (Å²) in [7, 11) is 1.60. The molecule has 1 aromatic carbocycles. The molecular formula is C15H20O4. The highest BCUT2D eigenvalue weighted by Crippen LogP contribution is 2.14. The Labute approximate surface area is 113 Å². The molecule has 0 N–H and O–H groups in total. The van der Waals surface area contributed by atoms with E-state index in [4.69, 9.17) is 9.47 Å². The van der Waals surface area contributed by atoms with Crippen LogP contribution in [0.2, 0.25) is 0 Å². The lowest BCUT2D eigenvalue weighted by molar-refractivity contribution is -0.141. The minimum Gasteiger partial charge on any atom is -0.497 e. The van der Waals surface area contributed by atoms with Gasteiger partial charge in [0.05, 0.1) is 13.7 Å². The van der Waals surface area contributed by atoms with Gasteiger partial charge in [0.15, 0.2) is 5.78 Å². The number of carbonyl (C=O) groups is 2. The molecule has 0 atom stereocenters. The van der Waals surface area contributed by atoms with Crippen molar-refractivity contribution in [1.29, 1.82) is 0 Å². The van der Waals surface area contributed by atoms with E-state index in [1.807, 2.05) is 0 Å². The van der Waals surface area contributed by atoms with Crippen LogP contribution in [-0.4, -0.2) is 25.5 Å². The Kier molecular flexibility index (Phi) is 6.64. The van der Waals surface area contributed by atoms with Gasteiger partial charge in [0.1, 0.15) is 5.75 Å². The first-order valence-corrected chi connectivity index (χ1v) is 6.44. The molecule has 0 aliphatic rings. The summed E-state index contributed by atoms with van der Waals surface area (Å²) in [4.78, 5) is 22.4. The monoisotopic (exact) mass is 264 g/mol. The van der Waals surface area contributed by atoms with Gasteiger partial charge in [-0.15, -0.1) is 0 Å². The first-order valence-electron chi connectivity index (χ1n) is 6.44. The number of rotatable bonds is 8. The Morgan fingerprint density at radius 1 is 1.05 bits per heavy atom. The van der Waals surface area contributed by atoms with Crippen LogP contribution in [0, 0.1) is 0 Å². The largest absolute Gasteiger partial charge is 0.497 e. The van der Waals surface area contributed by atoms with E-state index in [-0.39, 0.29) is 11.8 Å². The maximum absolute atomic E-state index is 11.9. The van der Waals surface area contributed by atoms with E-state index in [0.717, 1.165) is 25.0 Å². The topological polar surface area (TPSA) is 52.6 Å². The standard InChI is InChI=1S/C15H20O4/c1-12(16)19-11-5-3-4-6-15(17)13-7-9-14(18-2)10-8-13/h7-10H,3-6,11H2,1-2H3. The number of hydrogen-bond acceptors (Lipinski definition) is 4. The first-order chi connectivity index (χ1) is 9.13. The highest BCUT2D eigenvalue weighted by Gasteiger charge is 2.05. The Morgan fingerprint density at radius 3 is 2.32 bits per heavy atom. The van der Waals surface area contributed by atoms with Crippen LogP contribution in [0.4, 0.5) is 0 Å². The molecule has 0 saturated heterocycles. The second kappa shape index (κ2) is 8.29. The molecule has 0 aromatic heterocycles. The van der Waals surface area contributed by atoms with Crippen molar-refractivity contribution in [3.63, 3.8) is 0 Å². The van der Waals surface area contributed by atoms with Crippen molar-refractivity contribution in [3.05, 3.63) is 29.8 Å². The number of carbonyl (C=O) groups excluding carboxylic acids is 2. The molecule has 4 heteroatoms. The van der Waals surface area contributed by atoms with Crippen LogP contribution in [0.3, 0.4) is 0 Å². The molecule has 1 rings (SSSR count). The molecule has 1 aromatic rings. The average molecular weight is 264 g/mol. The highest BCUT2D eigenvalue weighted by atomic mass is 16.5. The van der Waals surface area contributed by atoms with Gasteiger partial charge in [0.25, 0.3) is 0 Å². The van der Waals surface area contributed by atoms with Gasteiger partial charge in [-0.25, -0.2) is 0 Å². The number of unbranched alkanes of at least 4 members (excludes halogenated alkanes) is 2. The third-order valence-electron chi connectivity index (χ3n) is 2.77. The second-order valence-electron chi connectivity index (χ2n) is 4.30. The molecule has 0 fully saturated rings. The van der Waals surface area contributed by atoms with Gasteiger partial charge in [-0.1, -0.05) is 0 Å². The molecule has 0 aliphatic carbocycles. The molecule has 19 heavy (non-hydrogen) atoms. The maximum atomic E-state index is 11.9. The summed E-state index contributed by atoms with van der Waals surface area (Å²) in [6, 6.07) is 7.13. The van der Waals surface area contributed by atoms with Gasteiger partial charge < -0.3 is 9.47 Å². The lowest BCUT2D eigenvalue weighted by Crippen LogP contribution is -2.02. The van der Waals surface area contributed by atoms with Gasteiger partial charge in [-0.05, 0) is 43.5 Å². The third kappa shape index (κ3) is 6.04. The van der Waals surface area contributed by atoms with Crippen molar-refractivity contribution in [2.75, 3.05) is 13.7 Å². The van der Waals surface area contributed by atoms with E-state index in [9.17, 15) is 9.59 Å². The molecule has 0 spiro atoms. The first kappa shape index (κ1) is 15.2. The number of benzene rings is 1. The molecule has 0 radical (unpaired) electrons. The number of methoxy groups -OCH3 is 1. The minimum absolute atomic E-state index is 0.134. The number of Topliss-reactive ketones (excluding diaryl/α,β-unsaturated/α-hetero) is 1. The zero-order valence-corrected chi connectivity index (χ0v) is 11.5. The summed E-state index contributed by atoms with van der Waals surface area (Å²) in [6.07, 6.45) is 3.02. The molecule has 0 heterocycles. The van der Waals surface area contributed by atoms with Crippen LogP contribution >= 0.6 is 0 Å². The third-order valence-corrected chi connectivity index (χ3v) is 2.77. The maximum Gasteiger partial charge on any atom is 0.302 e. The van der Waals surface area contributed by atoms with Crippen molar-refractivity contribution < 1.29 is 19.1 Å². The Bertz CT molecular complexity index is 409. The summed E-state index contributed by atoms with van der Waals surface area (Å²) in [5, 5.41) is 0. The number of ether oxygens (including phenoxy) is 2. The van der Waals surface area contributed by atoms with Gasteiger partial charge >= 0.3 is 5.97 Å². The van der Waals surface area contributed by atoms with E-state index in [1.54, 1.807) is 31.4 Å². The summed E-state index contributed by atoms with van der Waals surface area (Å²) in [5.74, 6) is 0.627. The molecule has 0 saturated carbocycles. The van der Waals surface area contributed by atoms with Crippen molar-refractivity contribution in [1.82, 2.24) is 0 Å². The molecule has 0 unspecified atom stereocenters. The number of esters is 1. The second-order valence-corrected chi connectivity index (χ2v) is 4.30. The van der Waals surface area contributed by atoms with E-state index < -0.39 is 0 Å². The lowest BCUT2D eigenvalue weighted by atomic mass is 10.0. The number of ketones is 1. The summed E-state index contributed by atoms with van der Waals surface area (Å²) in [5.41, 5.74) is 0.709. The average Bonchev–Trinajstić information content (AvgIpc) is 2.42. The van der Waals surface area contributed by atoms with Gasteiger partial charge in [-0.3, -0.25) is 9.59 Å². The minimum atomic E-state index is -0.255. The van der Waals surface area contributed by atoms with Crippen LogP contribution in [0.1, 0.15) is 43.0 Å². The zero-order chi connectivity index (χ0) is 14.1. The molecule has 0 bridgehead atoms. The fraction of sp³-hybridized carbons (Fsp3) is 0.467. The van der Waals surface area contributed by atoms with Crippen LogP contribution < -0.4 is 4.74 Å². The normalized spacial score (nSPS) is 10.0. The summed E-state index contributed by atoms with van der Waals surface area (Å²) in [6.45, 7) is 1.83. The van der Waals surface area contributed by atoms with Crippen molar-refractivity contribution in [2.24, 2.45) is 0 Å². The van der Waals surface area contributed by atoms with Gasteiger partial charge in [0, 0.05) is 18.9 Å². The lowest BCUT2D eigenvalue weighted by Gasteiger charge is -2.04. The molecule has 104 valence electrons. The molecule has 0 aliphatic heterocycles. The summed E-state index contributed by atoms with van der Waals surface area (Å²) < 4.78 is 9.86. The Morgan fingerprint density at radius 2 is 1.74 bits per heavy atom. The van der Waals surface area contributed by atoms with Crippen LogP contribution in [0.25, 0.3) is 0 Å². The van der Waals surface area contributed by atoms with E-state index in [2.05, 4.69) is 0 Å². The van der Waals surface area contributed by atoms with E-state index >= 15 is 0 Å².